The summed E-state index contributed by atoms with van der Waals surface area (Å²) < 4.78 is 21.8. The number of hydrogen-bond acceptors (Lipinski definition) is 5. The highest BCUT2D eigenvalue weighted by Crippen LogP contribution is 2.42. The number of ether oxygens (including phenoxy) is 4. The maximum atomic E-state index is 12.1. The second-order valence-corrected chi connectivity index (χ2v) is 4.67. The molecule has 1 amide bonds. The van der Waals surface area contributed by atoms with Crippen LogP contribution in [0.15, 0.2) is 24.0 Å². The second-order valence-electron chi connectivity index (χ2n) is 4.67. The third-order valence-corrected chi connectivity index (χ3v) is 3.42. The zero-order valence-corrected chi connectivity index (χ0v) is 13.3. The largest absolute Gasteiger partial charge is 0.493 e. The highest BCUT2D eigenvalue weighted by atomic mass is 16.6. The summed E-state index contributed by atoms with van der Waals surface area (Å²) in [6.07, 6.45) is 1.46. The number of methoxy groups -OCH3 is 2. The monoisotopic (exact) mass is 307 g/mol. The smallest absolute Gasteiger partial charge is 0.250 e. The van der Waals surface area contributed by atoms with Gasteiger partial charge in [-0.15, -0.1) is 0 Å². The molecule has 0 saturated carbocycles. The molecule has 22 heavy (non-hydrogen) atoms. The number of likely N-dealkylation sites (N-methyl/N-ethyl adjacent to an activating group) is 1. The molecule has 1 heterocycles. The SMILES string of the molecule is CCN(CC)C(=O)/C=C1/COc2cc(OC)c(OC)cc2O1. The fourth-order valence-corrected chi connectivity index (χ4v) is 2.19. The lowest BCUT2D eigenvalue weighted by Crippen LogP contribution is -2.30. The van der Waals surface area contributed by atoms with Crippen LogP contribution in [0.5, 0.6) is 23.0 Å². The number of hydrogen-bond donors (Lipinski definition) is 0. The van der Waals surface area contributed by atoms with Gasteiger partial charge in [-0.25, -0.2) is 0 Å². The Morgan fingerprint density at radius 2 is 1.77 bits per heavy atom. The van der Waals surface area contributed by atoms with Gasteiger partial charge in [0, 0.05) is 31.3 Å². The molecule has 0 N–H and O–H groups in total. The Balaban J connectivity index is 2.22. The predicted octanol–water partition coefficient (Wildman–Crippen LogP) is 2.23. The van der Waals surface area contributed by atoms with Gasteiger partial charge in [0.25, 0.3) is 0 Å². The van der Waals surface area contributed by atoms with Gasteiger partial charge in [0.1, 0.15) is 12.4 Å². The summed E-state index contributed by atoms with van der Waals surface area (Å²) in [5, 5.41) is 0. The fourth-order valence-electron chi connectivity index (χ4n) is 2.19. The van der Waals surface area contributed by atoms with Crippen LogP contribution in [-0.4, -0.2) is 44.7 Å². The van der Waals surface area contributed by atoms with Crippen molar-refractivity contribution >= 4 is 5.91 Å². The fraction of sp³-hybridized carbons (Fsp3) is 0.438. The number of nitrogens with zero attached hydrogens (tertiary/aromatic N) is 1. The average Bonchev–Trinajstić information content (AvgIpc) is 2.54. The molecule has 0 atom stereocenters. The van der Waals surface area contributed by atoms with E-state index in [0.717, 1.165) is 0 Å². The lowest BCUT2D eigenvalue weighted by molar-refractivity contribution is -0.125. The number of benzene rings is 1. The predicted molar refractivity (Wildman–Crippen MR) is 81.7 cm³/mol. The van der Waals surface area contributed by atoms with E-state index in [1.165, 1.54) is 6.08 Å². The van der Waals surface area contributed by atoms with E-state index < -0.39 is 0 Å². The molecule has 0 spiro atoms. The minimum atomic E-state index is -0.0903. The summed E-state index contributed by atoms with van der Waals surface area (Å²) in [4.78, 5) is 13.8. The quantitative estimate of drug-likeness (QED) is 0.781. The number of fused-ring (bicyclic) bond motifs is 1. The van der Waals surface area contributed by atoms with E-state index in [0.29, 0.717) is 41.8 Å². The molecule has 6 nitrogen and oxygen atoms in total. The first-order valence-corrected chi connectivity index (χ1v) is 7.19. The summed E-state index contributed by atoms with van der Waals surface area (Å²) in [5.41, 5.74) is 0. The molecular weight excluding hydrogens is 286 g/mol. The molecule has 0 unspecified atom stereocenters. The van der Waals surface area contributed by atoms with Gasteiger partial charge in [0.15, 0.2) is 23.0 Å². The Kier molecular flexibility index (Phi) is 5.14. The average molecular weight is 307 g/mol. The molecule has 0 aromatic heterocycles. The molecule has 1 aliphatic heterocycles. The second kappa shape index (κ2) is 7.06. The molecular formula is C16H21NO5. The van der Waals surface area contributed by atoms with Crippen LogP contribution in [0.25, 0.3) is 0 Å². The summed E-state index contributed by atoms with van der Waals surface area (Å²) in [7, 11) is 3.11. The highest BCUT2D eigenvalue weighted by Gasteiger charge is 2.21. The molecule has 1 aromatic carbocycles. The third kappa shape index (κ3) is 3.27. The van der Waals surface area contributed by atoms with Crippen molar-refractivity contribution < 1.29 is 23.7 Å². The van der Waals surface area contributed by atoms with Crippen LogP contribution < -0.4 is 18.9 Å². The Morgan fingerprint density at radius 3 is 2.32 bits per heavy atom. The number of amides is 1. The molecule has 0 fully saturated rings. The van der Waals surface area contributed by atoms with Gasteiger partial charge < -0.3 is 23.8 Å². The first-order chi connectivity index (χ1) is 10.6. The van der Waals surface area contributed by atoms with E-state index >= 15 is 0 Å². The third-order valence-electron chi connectivity index (χ3n) is 3.42. The van der Waals surface area contributed by atoms with Crippen LogP contribution in [-0.2, 0) is 4.79 Å². The Morgan fingerprint density at radius 1 is 1.18 bits per heavy atom. The normalized spacial score (nSPS) is 14.6. The molecule has 0 radical (unpaired) electrons. The van der Waals surface area contributed by atoms with Crippen LogP contribution in [0.3, 0.4) is 0 Å². The van der Waals surface area contributed by atoms with Gasteiger partial charge in [-0.3, -0.25) is 4.79 Å². The van der Waals surface area contributed by atoms with Crippen molar-refractivity contribution in [1.82, 2.24) is 4.90 Å². The topological polar surface area (TPSA) is 57.2 Å². The molecule has 0 aliphatic carbocycles. The van der Waals surface area contributed by atoms with E-state index in [4.69, 9.17) is 18.9 Å². The molecule has 0 saturated heterocycles. The number of carbonyl (C=O) groups excluding carboxylic acids is 1. The van der Waals surface area contributed by atoms with E-state index in [1.54, 1.807) is 31.3 Å². The van der Waals surface area contributed by atoms with E-state index in [2.05, 4.69) is 0 Å². The van der Waals surface area contributed by atoms with Crippen LogP contribution in [0.4, 0.5) is 0 Å². The standard InChI is InChI=1S/C16H21NO5/c1-5-17(6-2)16(18)7-11-10-21-14-8-12(19-3)13(20-4)9-15(14)22-11/h7-9H,5-6,10H2,1-4H3/b11-7-. The maximum absolute atomic E-state index is 12.1. The maximum Gasteiger partial charge on any atom is 0.250 e. The van der Waals surface area contributed by atoms with Crippen molar-refractivity contribution in [2.75, 3.05) is 33.9 Å². The summed E-state index contributed by atoms with van der Waals surface area (Å²) >= 11 is 0. The Hall–Kier alpha value is -2.37. The summed E-state index contributed by atoms with van der Waals surface area (Å²) in [5.74, 6) is 2.55. The molecule has 2 rings (SSSR count). The molecule has 1 aliphatic rings. The van der Waals surface area contributed by atoms with Crippen molar-refractivity contribution in [1.29, 1.82) is 0 Å². The van der Waals surface area contributed by atoms with Gasteiger partial charge in [-0.05, 0) is 13.8 Å². The first kappa shape index (κ1) is 16.0. The van der Waals surface area contributed by atoms with Crippen LogP contribution in [0.1, 0.15) is 13.8 Å². The Labute approximate surface area is 130 Å². The summed E-state index contributed by atoms with van der Waals surface area (Å²) in [6, 6.07) is 3.39. The van der Waals surface area contributed by atoms with Crippen molar-refractivity contribution in [2.24, 2.45) is 0 Å². The van der Waals surface area contributed by atoms with Crippen molar-refractivity contribution in [3.8, 4) is 23.0 Å². The van der Waals surface area contributed by atoms with Gasteiger partial charge in [-0.1, -0.05) is 0 Å². The first-order valence-electron chi connectivity index (χ1n) is 7.19. The molecule has 0 bridgehead atoms. The van der Waals surface area contributed by atoms with E-state index in [1.807, 2.05) is 13.8 Å². The minimum absolute atomic E-state index is 0.0903. The molecule has 1 aromatic rings. The highest BCUT2D eigenvalue weighted by molar-refractivity contribution is 5.88. The number of carbonyl (C=O) groups is 1. The zero-order chi connectivity index (χ0) is 16.1. The van der Waals surface area contributed by atoms with E-state index in [-0.39, 0.29) is 12.5 Å². The lowest BCUT2D eigenvalue weighted by Gasteiger charge is -2.23. The zero-order valence-electron chi connectivity index (χ0n) is 13.3. The van der Waals surface area contributed by atoms with Crippen LogP contribution in [0, 0.1) is 0 Å². The van der Waals surface area contributed by atoms with Crippen molar-refractivity contribution in [3.05, 3.63) is 24.0 Å². The number of rotatable bonds is 5. The van der Waals surface area contributed by atoms with Crippen molar-refractivity contribution in [2.45, 2.75) is 13.8 Å². The van der Waals surface area contributed by atoms with Gasteiger partial charge in [0.05, 0.1) is 14.2 Å². The van der Waals surface area contributed by atoms with Crippen LogP contribution >= 0.6 is 0 Å². The van der Waals surface area contributed by atoms with Gasteiger partial charge in [-0.2, -0.15) is 0 Å². The van der Waals surface area contributed by atoms with Crippen molar-refractivity contribution in [3.63, 3.8) is 0 Å². The Bertz CT molecular complexity index is 578. The van der Waals surface area contributed by atoms with E-state index in [9.17, 15) is 4.79 Å². The molecule has 120 valence electrons. The summed E-state index contributed by atoms with van der Waals surface area (Å²) in [6.45, 7) is 5.38. The lowest BCUT2D eigenvalue weighted by atomic mass is 10.2. The minimum Gasteiger partial charge on any atom is -0.493 e. The molecule has 6 heteroatoms. The van der Waals surface area contributed by atoms with Gasteiger partial charge in [0.2, 0.25) is 5.91 Å². The van der Waals surface area contributed by atoms with Gasteiger partial charge >= 0.3 is 0 Å². The van der Waals surface area contributed by atoms with Crippen LogP contribution in [0.2, 0.25) is 0 Å².